The number of rotatable bonds is 7. The lowest BCUT2D eigenvalue weighted by Crippen LogP contribution is -2.53. The van der Waals surface area contributed by atoms with Gasteiger partial charge in [-0.15, -0.1) is 0 Å². The van der Waals surface area contributed by atoms with Gasteiger partial charge in [-0.05, 0) is 77.8 Å². The fraction of sp³-hybridized carbons (Fsp3) is 0.257. The summed E-state index contributed by atoms with van der Waals surface area (Å²) in [4.78, 5) is 30.6. The van der Waals surface area contributed by atoms with Crippen LogP contribution < -0.4 is 0 Å². The Hall–Kier alpha value is -3.93. The minimum absolute atomic E-state index is 0.00771. The van der Waals surface area contributed by atoms with Gasteiger partial charge in [0.15, 0.2) is 0 Å². The maximum Gasteiger partial charge on any atom is 0.335 e. The first-order valence-electron chi connectivity index (χ1n) is 14.2. The summed E-state index contributed by atoms with van der Waals surface area (Å²) in [5, 5.41) is 10.3. The summed E-state index contributed by atoms with van der Waals surface area (Å²) in [5.41, 5.74) is 7.03. The van der Waals surface area contributed by atoms with E-state index in [2.05, 4.69) is 47.4 Å². The number of nitrogens with zero attached hydrogens (tertiary/aromatic N) is 2. The molecule has 0 aromatic heterocycles. The van der Waals surface area contributed by atoms with Gasteiger partial charge < -0.3 is 10.0 Å². The molecule has 208 valence electrons. The van der Waals surface area contributed by atoms with Crippen molar-refractivity contribution in [3.05, 3.63) is 141 Å². The number of amides is 1. The summed E-state index contributed by atoms with van der Waals surface area (Å²) in [5.74, 6) is -0.930. The van der Waals surface area contributed by atoms with Gasteiger partial charge in [0, 0.05) is 24.2 Å². The number of aromatic carboxylic acids is 1. The Morgan fingerprint density at radius 3 is 2.20 bits per heavy atom. The Bertz CT molecular complexity index is 1580. The van der Waals surface area contributed by atoms with Crippen LogP contribution in [-0.4, -0.2) is 45.4 Å². The minimum atomic E-state index is -0.971. The molecule has 0 radical (unpaired) electrons. The fourth-order valence-electron chi connectivity index (χ4n) is 6.57. The Morgan fingerprint density at radius 1 is 0.878 bits per heavy atom. The maximum atomic E-state index is 14.6. The summed E-state index contributed by atoms with van der Waals surface area (Å²) >= 11 is 6.77. The van der Waals surface area contributed by atoms with E-state index in [1.54, 1.807) is 18.2 Å². The van der Waals surface area contributed by atoms with Crippen LogP contribution in [0.3, 0.4) is 0 Å². The van der Waals surface area contributed by atoms with Gasteiger partial charge in [0.2, 0.25) is 5.91 Å². The van der Waals surface area contributed by atoms with Crippen LogP contribution in [0.25, 0.3) is 0 Å². The molecule has 0 fully saturated rings. The molecule has 2 unspecified atom stereocenters. The van der Waals surface area contributed by atoms with E-state index in [0.717, 1.165) is 36.9 Å². The number of hydrogen-bond donors (Lipinski definition) is 1. The first-order valence-corrected chi connectivity index (χ1v) is 14.6. The predicted octanol–water partition coefficient (Wildman–Crippen LogP) is 6.57. The zero-order valence-electron chi connectivity index (χ0n) is 23.0. The van der Waals surface area contributed by atoms with Crippen molar-refractivity contribution in [2.24, 2.45) is 0 Å². The lowest BCUT2D eigenvalue weighted by molar-refractivity contribution is -0.140. The number of carboxylic acids is 1. The molecule has 1 N–H and O–H groups in total. The van der Waals surface area contributed by atoms with Gasteiger partial charge in [-0.3, -0.25) is 9.69 Å². The lowest BCUT2D eigenvalue weighted by atomic mass is 9.87. The van der Waals surface area contributed by atoms with E-state index in [0.29, 0.717) is 11.6 Å². The standard InChI is InChI=1S/C35H33ClN2O3/c1-23(37-18-17-25-10-4-5-14-30(25)33(37)31-15-6-7-16-32(31)36)34(39)38(22-24-9-8-13-28(19-24)35(40)41)29-20-26-11-2-3-12-27(26)21-29/h2-16,19,23,29,33H,17-18,20-22H2,1H3,(H,40,41). The maximum absolute atomic E-state index is 14.6. The molecule has 1 amide bonds. The number of benzene rings is 4. The smallest absolute Gasteiger partial charge is 0.335 e. The van der Waals surface area contributed by atoms with Crippen LogP contribution in [0.5, 0.6) is 0 Å². The number of carbonyl (C=O) groups is 2. The van der Waals surface area contributed by atoms with E-state index >= 15 is 0 Å². The summed E-state index contributed by atoms with van der Waals surface area (Å²) in [6, 6.07) is 31.1. The van der Waals surface area contributed by atoms with Crippen molar-refractivity contribution < 1.29 is 14.7 Å². The van der Waals surface area contributed by atoms with Crippen molar-refractivity contribution in [1.82, 2.24) is 9.80 Å². The Labute approximate surface area is 246 Å². The second-order valence-electron chi connectivity index (χ2n) is 11.1. The molecule has 0 spiro atoms. The van der Waals surface area contributed by atoms with E-state index < -0.39 is 12.0 Å². The number of hydrogen-bond acceptors (Lipinski definition) is 3. The van der Waals surface area contributed by atoms with E-state index in [-0.39, 0.29) is 23.6 Å². The van der Waals surface area contributed by atoms with Gasteiger partial charge in [0.1, 0.15) is 0 Å². The monoisotopic (exact) mass is 564 g/mol. The molecule has 2 aliphatic rings. The SMILES string of the molecule is CC(C(=O)N(Cc1cccc(C(=O)O)c1)C1Cc2ccccc2C1)N1CCc2ccccc2C1c1ccccc1Cl. The molecule has 0 bridgehead atoms. The Balaban J connectivity index is 1.36. The Kier molecular flexibility index (Phi) is 7.65. The highest BCUT2D eigenvalue weighted by atomic mass is 35.5. The molecule has 1 aliphatic heterocycles. The van der Waals surface area contributed by atoms with Crippen molar-refractivity contribution in [3.63, 3.8) is 0 Å². The molecule has 2 atom stereocenters. The normalized spacial score (nSPS) is 17.5. The predicted molar refractivity (Wildman–Crippen MR) is 161 cm³/mol. The summed E-state index contributed by atoms with van der Waals surface area (Å²) in [6.45, 7) is 3.08. The molecular formula is C35H33ClN2O3. The van der Waals surface area contributed by atoms with E-state index in [1.165, 1.54) is 22.3 Å². The first kappa shape index (κ1) is 27.3. The van der Waals surface area contributed by atoms with Crippen LogP contribution >= 0.6 is 11.6 Å². The summed E-state index contributed by atoms with van der Waals surface area (Å²) in [6.07, 6.45) is 2.42. The molecule has 6 heteroatoms. The quantitative estimate of drug-likeness (QED) is 0.276. The molecule has 5 nitrogen and oxygen atoms in total. The zero-order valence-corrected chi connectivity index (χ0v) is 23.8. The summed E-state index contributed by atoms with van der Waals surface area (Å²) in [7, 11) is 0. The van der Waals surface area contributed by atoms with Crippen molar-refractivity contribution in [1.29, 1.82) is 0 Å². The molecule has 4 aromatic carbocycles. The van der Waals surface area contributed by atoms with Crippen LogP contribution in [0.2, 0.25) is 5.02 Å². The third-order valence-corrected chi connectivity index (χ3v) is 9.00. The van der Waals surface area contributed by atoms with Crippen molar-refractivity contribution in [2.45, 2.75) is 50.9 Å². The molecule has 6 rings (SSSR count). The van der Waals surface area contributed by atoms with E-state index in [4.69, 9.17) is 11.6 Å². The summed E-state index contributed by atoms with van der Waals surface area (Å²) < 4.78 is 0. The largest absolute Gasteiger partial charge is 0.478 e. The molecular weight excluding hydrogens is 532 g/mol. The van der Waals surface area contributed by atoms with Gasteiger partial charge >= 0.3 is 5.97 Å². The third-order valence-electron chi connectivity index (χ3n) is 8.66. The van der Waals surface area contributed by atoms with Gasteiger partial charge in [0.25, 0.3) is 0 Å². The van der Waals surface area contributed by atoms with Gasteiger partial charge in [0.05, 0.1) is 17.6 Å². The van der Waals surface area contributed by atoms with Crippen molar-refractivity contribution in [3.8, 4) is 0 Å². The molecule has 0 saturated heterocycles. The number of carboxylic acid groups (broad SMARTS) is 1. The molecule has 41 heavy (non-hydrogen) atoms. The highest BCUT2D eigenvalue weighted by molar-refractivity contribution is 6.31. The second-order valence-corrected chi connectivity index (χ2v) is 11.5. The average molecular weight is 565 g/mol. The van der Waals surface area contributed by atoms with Crippen molar-refractivity contribution >= 4 is 23.5 Å². The highest BCUT2D eigenvalue weighted by Gasteiger charge is 2.39. The number of carbonyl (C=O) groups excluding carboxylic acids is 1. The van der Waals surface area contributed by atoms with E-state index in [1.807, 2.05) is 48.2 Å². The highest BCUT2D eigenvalue weighted by Crippen LogP contribution is 2.40. The van der Waals surface area contributed by atoms with Crippen LogP contribution in [0.4, 0.5) is 0 Å². The van der Waals surface area contributed by atoms with Crippen LogP contribution in [0.1, 0.15) is 56.7 Å². The first-order chi connectivity index (χ1) is 19.9. The number of halogens is 1. The molecule has 0 saturated carbocycles. The topological polar surface area (TPSA) is 60.9 Å². The van der Waals surface area contributed by atoms with Crippen LogP contribution in [-0.2, 0) is 30.6 Å². The molecule has 1 aliphatic carbocycles. The lowest BCUT2D eigenvalue weighted by Gasteiger charge is -2.43. The van der Waals surface area contributed by atoms with Crippen LogP contribution in [0, 0.1) is 0 Å². The molecule has 1 heterocycles. The van der Waals surface area contributed by atoms with E-state index in [9.17, 15) is 14.7 Å². The Morgan fingerprint density at radius 2 is 1.51 bits per heavy atom. The second kappa shape index (κ2) is 11.5. The third kappa shape index (κ3) is 5.40. The average Bonchev–Trinajstić information content (AvgIpc) is 3.43. The van der Waals surface area contributed by atoms with Gasteiger partial charge in [-0.1, -0.05) is 90.5 Å². The van der Waals surface area contributed by atoms with Crippen molar-refractivity contribution in [2.75, 3.05) is 6.54 Å². The van der Waals surface area contributed by atoms with Gasteiger partial charge in [-0.25, -0.2) is 4.79 Å². The van der Waals surface area contributed by atoms with Crippen LogP contribution in [0.15, 0.2) is 97.1 Å². The molecule has 4 aromatic rings. The zero-order chi connectivity index (χ0) is 28.5. The fourth-order valence-corrected chi connectivity index (χ4v) is 6.81. The minimum Gasteiger partial charge on any atom is -0.478 e. The van der Waals surface area contributed by atoms with Gasteiger partial charge in [-0.2, -0.15) is 0 Å². The number of fused-ring (bicyclic) bond motifs is 2.